The third kappa shape index (κ3) is 2.05. The van der Waals surface area contributed by atoms with Gasteiger partial charge in [0, 0.05) is 0 Å². The summed E-state index contributed by atoms with van der Waals surface area (Å²) < 4.78 is 13.0. The van der Waals surface area contributed by atoms with Gasteiger partial charge in [-0.15, -0.1) is 0 Å². The molecule has 1 nitrogen and oxygen atoms in total. The van der Waals surface area contributed by atoms with E-state index in [1.54, 1.807) is 13.0 Å². The molecule has 0 aliphatic rings. The lowest BCUT2D eigenvalue weighted by Gasteiger charge is -2.06. The zero-order valence-corrected chi connectivity index (χ0v) is 8.22. The summed E-state index contributed by atoms with van der Waals surface area (Å²) in [5.41, 5.74) is 1.12. The Bertz CT molecular complexity index is 291. The van der Waals surface area contributed by atoms with Gasteiger partial charge in [-0.1, -0.05) is 11.6 Å². The van der Waals surface area contributed by atoms with Gasteiger partial charge in [-0.25, -0.2) is 4.39 Å². The number of benzene rings is 1. The summed E-state index contributed by atoms with van der Waals surface area (Å²) in [4.78, 5) is 0. The van der Waals surface area contributed by atoms with Gasteiger partial charge in [-0.05, 0) is 24.6 Å². The largest absolute Gasteiger partial charge is 0.375 e. The lowest BCUT2D eigenvalue weighted by atomic mass is 10.2. The summed E-state index contributed by atoms with van der Waals surface area (Å²) >= 11 is 9.76. The van der Waals surface area contributed by atoms with Crippen molar-refractivity contribution in [3.8, 4) is 0 Å². The molecule has 1 rings (SSSR count). The highest BCUT2D eigenvalue weighted by molar-refractivity contribution is 7.80. The van der Waals surface area contributed by atoms with Gasteiger partial charge >= 0.3 is 0 Å². The molecular weight excluding hydrogens is 197 g/mol. The van der Waals surface area contributed by atoms with Gasteiger partial charge in [-0.2, -0.15) is 12.6 Å². The summed E-state index contributed by atoms with van der Waals surface area (Å²) in [5, 5.41) is 3.35. The van der Waals surface area contributed by atoms with Crippen LogP contribution in [0.15, 0.2) is 12.1 Å². The summed E-state index contributed by atoms with van der Waals surface area (Å²) in [6, 6.07) is 2.95. The van der Waals surface area contributed by atoms with Crippen molar-refractivity contribution in [3.63, 3.8) is 0 Å². The van der Waals surface area contributed by atoms with Crippen molar-refractivity contribution in [2.45, 2.75) is 6.92 Å². The Morgan fingerprint density at radius 1 is 1.58 bits per heavy atom. The lowest BCUT2D eigenvalue weighted by Crippen LogP contribution is -1.96. The first-order chi connectivity index (χ1) is 5.65. The fourth-order valence-corrected chi connectivity index (χ4v) is 1.32. The highest BCUT2D eigenvalue weighted by Crippen LogP contribution is 2.24. The molecule has 0 amide bonds. The molecule has 0 atom stereocenters. The van der Waals surface area contributed by atoms with Crippen LogP contribution in [0.4, 0.5) is 10.1 Å². The molecule has 0 aliphatic heterocycles. The van der Waals surface area contributed by atoms with Gasteiger partial charge in [-0.3, -0.25) is 0 Å². The van der Waals surface area contributed by atoms with Crippen molar-refractivity contribution in [2.75, 3.05) is 11.2 Å². The van der Waals surface area contributed by atoms with E-state index in [4.69, 9.17) is 11.6 Å². The fraction of sp³-hybridized carbons (Fsp3) is 0.250. The van der Waals surface area contributed by atoms with Crippen LogP contribution < -0.4 is 5.32 Å². The second kappa shape index (κ2) is 4.01. The van der Waals surface area contributed by atoms with Crippen molar-refractivity contribution in [3.05, 3.63) is 28.5 Å². The molecule has 0 saturated carbocycles. The summed E-state index contributed by atoms with van der Waals surface area (Å²) in [5.74, 6) is 0.172. The Morgan fingerprint density at radius 2 is 2.25 bits per heavy atom. The van der Waals surface area contributed by atoms with Crippen molar-refractivity contribution in [2.24, 2.45) is 0 Å². The van der Waals surface area contributed by atoms with Crippen LogP contribution in [0, 0.1) is 12.7 Å². The van der Waals surface area contributed by atoms with Crippen LogP contribution in [0.25, 0.3) is 0 Å². The molecule has 0 bridgehead atoms. The predicted molar refractivity (Wildman–Crippen MR) is 53.6 cm³/mol. The number of aryl methyl sites for hydroxylation is 1. The molecule has 0 spiro atoms. The Labute approximate surface area is 81.3 Å². The third-order valence-electron chi connectivity index (χ3n) is 1.52. The molecule has 0 aromatic heterocycles. The zero-order valence-electron chi connectivity index (χ0n) is 6.56. The number of hydrogen-bond donors (Lipinski definition) is 2. The molecule has 0 saturated heterocycles. The Balaban J connectivity index is 3.05. The van der Waals surface area contributed by atoms with Crippen LogP contribution in [-0.2, 0) is 0 Å². The van der Waals surface area contributed by atoms with E-state index >= 15 is 0 Å². The Morgan fingerprint density at radius 3 is 2.83 bits per heavy atom. The van der Waals surface area contributed by atoms with Gasteiger partial charge in [0.25, 0.3) is 0 Å². The van der Waals surface area contributed by atoms with Crippen LogP contribution in [-0.4, -0.2) is 5.88 Å². The molecule has 1 aromatic carbocycles. The second-order valence-corrected chi connectivity index (χ2v) is 3.14. The molecule has 12 heavy (non-hydrogen) atoms. The van der Waals surface area contributed by atoms with Crippen LogP contribution >= 0.6 is 24.2 Å². The predicted octanol–water partition coefficient (Wildman–Crippen LogP) is 3.09. The normalized spacial score (nSPS) is 10.0. The van der Waals surface area contributed by atoms with Crippen LogP contribution in [0.5, 0.6) is 0 Å². The summed E-state index contributed by atoms with van der Waals surface area (Å²) in [6.45, 7) is 1.67. The van der Waals surface area contributed by atoms with Crippen LogP contribution in [0.3, 0.4) is 0 Å². The van der Waals surface area contributed by atoms with Gasteiger partial charge in [0.05, 0.1) is 16.6 Å². The molecule has 66 valence electrons. The second-order valence-electron chi connectivity index (χ2n) is 2.42. The molecule has 0 unspecified atom stereocenters. The maximum Gasteiger partial charge on any atom is 0.128 e. The molecule has 1 aromatic rings. The first kappa shape index (κ1) is 9.68. The Kier molecular flexibility index (Phi) is 3.23. The minimum atomic E-state index is -0.260. The van der Waals surface area contributed by atoms with E-state index in [2.05, 4.69) is 17.9 Å². The van der Waals surface area contributed by atoms with Crippen molar-refractivity contribution in [1.29, 1.82) is 0 Å². The van der Waals surface area contributed by atoms with Gasteiger partial charge in [0.1, 0.15) is 5.82 Å². The number of nitrogens with one attached hydrogen (secondary N) is 1. The molecule has 1 N–H and O–H groups in total. The highest BCUT2D eigenvalue weighted by Gasteiger charge is 2.03. The van der Waals surface area contributed by atoms with E-state index < -0.39 is 0 Å². The standard InChI is InChI=1S/C8H9ClFNS/c1-5-2-6(9)8(11-4-12)3-7(5)10/h2-3,11-12H,4H2,1H3. The fourth-order valence-electron chi connectivity index (χ4n) is 0.867. The van der Waals surface area contributed by atoms with Crippen molar-refractivity contribution >= 4 is 29.9 Å². The number of anilines is 1. The average molecular weight is 206 g/mol. The van der Waals surface area contributed by atoms with E-state index in [0.717, 1.165) is 0 Å². The lowest BCUT2D eigenvalue weighted by molar-refractivity contribution is 0.619. The number of halogens is 2. The number of rotatable bonds is 2. The molecule has 0 aliphatic carbocycles. The monoisotopic (exact) mass is 205 g/mol. The molecule has 4 heteroatoms. The molecule has 0 heterocycles. The first-order valence-corrected chi connectivity index (χ1v) is 4.46. The van der Waals surface area contributed by atoms with Crippen LogP contribution in [0.2, 0.25) is 5.02 Å². The molecule has 0 radical (unpaired) electrons. The first-order valence-electron chi connectivity index (χ1n) is 3.45. The van der Waals surface area contributed by atoms with E-state index in [1.807, 2.05) is 0 Å². The number of thiol groups is 1. The maximum atomic E-state index is 13.0. The smallest absolute Gasteiger partial charge is 0.128 e. The Hall–Kier alpha value is -0.410. The van der Waals surface area contributed by atoms with Gasteiger partial charge in [0.15, 0.2) is 0 Å². The minimum Gasteiger partial charge on any atom is -0.375 e. The summed E-state index contributed by atoms with van der Waals surface area (Å²) in [6.07, 6.45) is 0. The van der Waals surface area contributed by atoms with E-state index in [0.29, 0.717) is 22.2 Å². The van der Waals surface area contributed by atoms with E-state index in [1.165, 1.54) is 6.07 Å². The topological polar surface area (TPSA) is 12.0 Å². The quantitative estimate of drug-likeness (QED) is 0.559. The van der Waals surface area contributed by atoms with Gasteiger partial charge < -0.3 is 5.32 Å². The zero-order chi connectivity index (χ0) is 9.14. The maximum absolute atomic E-state index is 13.0. The third-order valence-corrected chi connectivity index (χ3v) is 1.99. The molecule has 0 fully saturated rings. The van der Waals surface area contributed by atoms with Crippen molar-refractivity contribution in [1.82, 2.24) is 0 Å². The van der Waals surface area contributed by atoms with E-state index in [9.17, 15) is 4.39 Å². The van der Waals surface area contributed by atoms with Crippen LogP contribution in [0.1, 0.15) is 5.56 Å². The highest BCUT2D eigenvalue weighted by atomic mass is 35.5. The minimum absolute atomic E-state index is 0.260. The molecular formula is C8H9ClFNS. The van der Waals surface area contributed by atoms with Gasteiger partial charge in [0.2, 0.25) is 0 Å². The SMILES string of the molecule is Cc1cc(Cl)c(NCS)cc1F. The number of hydrogen-bond acceptors (Lipinski definition) is 2. The van der Waals surface area contributed by atoms with E-state index in [-0.39, 0.29) is 5.82 Å². The summed E-state index contributed by atoms with van der Waals surface area (Å²) in [7, 11) is 0. The average Bonchev–Trinajstić information content (AvgIpc) is 2.01. The van der Waals surface area contributed by atoms with Crippen molar-refractivity contribution < 1.29 is 4.39 Å².